The molecule has 146 valence electrons. The molecule has 0 aliphatic rings. The number of thiophene rings is 1. The van der Waals surface area contributed by atoms with Crippen molar-refractivity contribution in [3.8, 4) is 0 Å². The van der Waals surface area contributed by atoms with Gasteiger partial charge < -0.3 is 14.4 Å². The second-order valence-electron chi connectivity index (χ2n) is 5.36. The van der Waals surface area contributed by atoms with Gasteiger partial charge in [0.25, 0.3) is 0 Å². The van der Waals surface area contributed by atoms with E-state index < -0.39 is 17.0 Å². The number of hydrogen-bond donors (Lipinski definition) is 1. The summed E-state index contributed by atoms with van der Waals surface area (Å²) in [6, 6.07) is 7.07. The van der Waals surface area contributed by atoms with Crippen molar-refractivity contribution in [2.75, 3.05) is 37.1 Å². The third-order valence-electron chi connectivity index (χ3n) is 3.42. The van der Waals surface area contributed by atoms with E-state index >= 15 is 0 Å². The zero-order valence-corrected chi connectivity index (χ0v) is 17.6. The van der Waals surface area contributed by atoms with E-state index in [2.05, 4.69) is 4.72 Å². The van der Waals surface area contributed by atoms with Crippen LogP contribution >= 0.6 is 22.9 Å². The topological polar surface area (TPSA) is 67.9 Å². The van der Waals surface area contributed by atoms with Crippen LogP contribution in [0.1, 0.15) is 12.5 Å². The van der Waals surface area contributed by atoms with Crippen LogP contribution in [0, 0.1) is 0 Å². The van der Waals surface area contributed by atoms with E-state index in [9.17, 15) is 9.00 Å². The van der Waals surface area contributed by atoms with Crippen LogP contribution in [-0.4, -0.2) is 37.7 Å². The molecule has 0 fully saturated rings. The van der Waals surface area contributed by atoms with Gasteiger partial charge in [0.1, 0.15) is 10.9 Å². The van der Waals surface area contributed by atoms with E-state index in [1.54, 1.807) is 38.3 Å². The third-order valence-corrected chi connectivity index (χ3v) is 6.06. The van der Waals surface area contributed by atoms with Gasteiger partial charge >= 0.3 is 5.97 Å². The molecule has 0 saturated heterocycles. The van der Waals surface area contributed by atoms with E-state index in [1.807, 2.05) is 23.4 Å². The Balaban J connectivity index is 2.44. The fourth-order valence-electron chi connectivity index (χ4n) is 2.35. The predicted molar refractivity (Wildman–Crippen MR) is 112 cm³/mol. The largest absolute Gasteiger partial charge is 0.463 e. The zero-order valence-electron chi connectivity index (χ0n) is 15.2. The summed E-state index contributed by atoms with van der Waals surface area (Å²) in [6.45, 7) is 2.30. The van der Waals surface area contributed by atoms with Crippen LogP contribution in [0.5, 0.6) is 0 Å². The number of esters is 1. The molecule has 0 saturated carbocycles. The minimum Gasteiger partial charge on any atom is -0.463 e. The van der Waals surface area contributed by atoms with Crippen LogP contribution in [0.3, 0.4) is 0 Å². The van der Waals surface area contributed by atoms with Crippen LogP contribution in [-0.2, 0) is 25.3 Å². The van der Waals surface area contributed by atoms with E-state index in [4.69, 9.17) is 21.1 Å². The van der Waals surface area contributed by atoms with Gasteiger partial charge in [-0.25, -0.2) is 9.00 Å². The average molecular weight is 429 g/mol. The smallest absolute Gasteiger partial charge is 0.330 e. The lowest BCUT2D eigenvalue weighted by molar-refractivity contribution is -0.137. The van der Waals surface area contributed by atoms with Crippen molar-refractivity contribution in [3.05, 3.63) is 46.3 Å². The van der Waals surface area contributed by atoms with Gasteiger partial charge in [0.05, 0.1) is 23.0 Å². The van der Waals surface area contributed by atoms with Gasteiger partial charge in [0.2, 0.25) is 0 Å². The summed E-state index contributed by atoms with van der Waals surface area (Å²) >= 11 is 7.77. The maximum absolute atomic E-state index is 12.6. The second kappa shape index (κ2) is 10.5. The Labute approximate surface area is 170 Å². The Morgan fingerprint density at radius 2 is 2.19 bits per heavy atom. The SMILES string of the molecule is CCOC(=O)/C=C/c1c(Cl)ccc(NS(=O)c2cccs2)c1N(C)COC. The van der Waals surface area contributed by atoms with Crippen LogP contribution in [0.4, 0.5) is 11.4 Å². The van der Waals surface area contributed by atoms with Crippen molar-refractivity contribution in [1.82, 2.24) is 0 Å². The monoisotopic (exact) mass is 428 g/mol. The first-order valence-corrected chi connectivity index (χ1v) is 10.5. The number of anilines is 2. The van der Waals surface area contributed by atoms with Crippen molar-refractivity contribution in [2.45, 2.75) is 11.1 Å². The van der Waals surface area contributed by atoms with E-state index in [0.717, 1.165) is 0 Å². The molecule has 0 spiro atoms. The normalized spacial score (nSPS) is 12.1. The lowest BCUT2D eigenvalue weighted by Gasteiger charge is -2.24. The van der Waals surface area contributed by atoms with Gasteiger partial charge in [-0.2, -0.15) is 0 Å². The minimum absolute atomic E-state index is 0.279. The quantitative estimate of drug-likeness (QED) is 0.369. The number of ether oxygens (including phenoxy) is 2. The molecule has 0 bridgehead atoms. The van der Waals surface area contributed by atoms with Gasteiger partial charge in [-0.15, -0.1) is 11.3 Å². The highest BCUT2D eigenvalue weighted by Gasteiger charge is 2.17. The Bertz CT molecular complexity index is 825. The number of rotatable bonds is 9. The first-order chi connectivity index (χ1) is 13.0. The average Bonchev–Trinajstić information content (AvgIpc) is 3.17. The number of benzene rings is 1. The molecule has 1 aromatic carbocycles. The molecule has 2 aromatic rings. The molecule has 2 rings (SSSR count). The standard InChI is InChI=1S/C18H21ClN2O4S2/c1-4-25-16(22)10-7-13-14(19)8-9-15(18(13)21(2)12-24-3)20-27(23)17-6-5-11-26-17/h5-11,20H,4,12H2,1-3H3/b10-7+. The van der Waals surface area contributed by atoms with Crippen LogP contribution in [0.25, 0.3) is 6.08 Å². The molecular weight excluding hydrogens is 408 g/mol. The number of hydrogen-bond acceptors (Lipinski definition) is 6. The summed E-state index contributed by atoms with van der Waals surface area (Å²) in [5, 5.41) is 2.31. The maximum atomic E-state index is 12.6. The molecule has 0 radical (unpaired) electrons. The van der Waals surface area contributed by atoms with Gasteiger partial charge in [0, 0.05) is 25.8 Å². The van der Waals surface area contributed by atoms with Crippen LogP contribution < -0.4 is 9.62 Å². The number of carbonyl (C=O) groups is 1. The Kier molecular flexibility index (Phi) is 8.30. The lowest BCUT2D eigenvalue weighted by atomic mass is 10.1. The minimum atomic E-state index is -1.42. The highest BCUT2D eigenvalue weighted by Crippen LogP contribution is 2.36. The number of carbonyl (C=O) groups excluding carboxylic acids is 1. The number of halogens is 1. The highest BCUT2D eigenvalue weighted by molar-refractivity contribution is 7.88. The van der Waals surface area contributed by atoms with Crippen molar-refractivity contribution >= 4 is 57.3 Å². The summed E-state index contributed by atoms with van der Waals surface area (Å²) in [5.41, 5.74) is 1.86. The van der Waals surface area contributed by atoms with E-state index in [0.29, 0.717) is 26.2 Å². The van der Waals surface area contributed by atoms with E-state index in [1.165, 1.54) is 17.4 Å². The number of methoxy groups -OCH3 is 1. The van der Waals surface area contributed by atoms with Crippen molar-refractivity contribution in [1.29, 1.82) is 0 Å². The molecule has 27 heavy (non-hydrogen) atoms. The fraction of sp³-hybridized carbons (Fsp3) is 0.278. The van der Waals surface area contributed by atoms with Crippen molar-refractivity contribution in [3.63, 3.8) is 0 Å². The van der Waals surface area contributed by atoms with Crippen LogP contribution in [0.2, 0.25) is 5.02 Å². The summed E-state index contributed by atoms with van der Waals surface area (Å²) in [6.07, 6.45) is 2.90. The molecule has 1 unspecified atom stereocenters. The second-order valence-corrected chi connectivity index (χ2v) is 8.16. The van der Waals surface area contributed by atoms with Gasteiger partial charge in [-0.05, 0) is 36.6 Å². The molecule has 0 amide bonds. The fourth-order valence-corrected chi connectivity index (χ4v) is 4.33. The summed E-state index contributed by atoms with van der Waals surface area (Å²) in [4.78, 5) is 13.5. The lowest BCUT2D eigenvalue weighted by Crippen LogP contribution is -2.22. The van der Waals surface area contributed by atoms with Crippen molar-refractivity contribution in [2.24, 2.45) is 0 Å². The van der Waals surface area contributed by atoms with Gasteiger partial charge in [0.15, 0.2) is 11.0 Å². The van der Waals surface area contributed by atoms with E-state index in [-0.39, 0.29) is 13.3 Å². The summed E-state index contributed by atoms with van der Waals surface area (Å²) in [5.74, 6) is -0.463. The molecule has 1 heterocycles. The van der Waals surface area contributed by atoms with Crippen LogP contribution in [0.15, 0.2) is 39.9 Å². The molecule has 9 heteroatoms. The Morgan fingerprint density at radius 3 is 2.81 bits per heavy atom. The summed E-state index contributed by atoms with van der Waals surface area (Å²) in [7, 11) is 1.97. The predicted octanol–water partition coefficient (Wildman–Crippen LogP) is 4.15. The third kappa shape index (κ3) is 5.80. The Hall–Kier alpha value is -1.87. The van der Waals surface area contributed by atoms with Gasteiger partial charge in [-0.1, -0.05) is 17.7 Å². The Morgan fingerprint density at radius 1 is 1.41 bits per heavy atom. The maximum Gasteiger partial charge on any atom is 0.330 e. The first-order valence-electron chi connectivity index (χ1n) is 8.07. The number of nitrogens with one attached hydrogen (secondary N) is 1. The summed E-state index contributed by atoms with van der Waals surface area (Å²) < 4.78 is 26.4. The molecule has 6 nitrogen and oxygen atoms in total. The molecule has 0 aliphatic carbocycles. The first kappa shape index (κ1) is 21.4. The number of nitrogens with zero attached hydrogens (tertiary/aromatic N) is 1. The van der Waals surface area contributed by atoms with Gasteiger partial charge in [-0.3, -0.25) is 4.72 Å². The highest BCUT2D eigenvalue weighted by atomic mass is 35.5. The zero-order chi connectivity index (χ0) is 19.8. The molecule has 0 aliphatic heterocycles. The molecule has 1 aromatic heterocycles. The molecule has 1 N–H and O–H groups in total. The molecule has 1 atom stereocenters. The molecular formula is C18H21ClN2O4S2. The van der Waals surface area contributed by atoms with Crippen molar-refractivity contribution < 1.29 is 18.5 Å².